The second kappa shape index (κ2) is 7.69. The van der Waals surface area contributed by atoms with Crippen LogP contribution in [-0.4, -0.2) is 18.2 Å². The predicted molar refractivity (Wildman–Crippen MR) is 107 cm³/mol. The largest absolute Gasteiger partial charge is 0.291 e. The zero-order chi connectivity index (χ0) is 19.8. The van der Waals surface area contributed by atoms with Crippen LogP contribution in [0.2, 0.25) is 20.1 Å². The number of nitrogens with one attached hydrogen (secondary N) is 1. The molecule has 140 valence electrons. The lowest BCUT2D eigenvalue weighted by molar-refractivity contribution is 0.601. The van der Waals surface area contributed by atoms with Crippen LogP contribution in [0.1, 0.15) is 0 Å². The average Bonchev–Trinajstić information content (AvgIpc) is 2.59. The molecule has 1 aromatic heterocycles. The van der Waals surface area contributed by atoms with Gasteiger partial charge in [-0.2, -0.15) is 9.78 Å². The average molecular weight is 465 g/mol. The summed E-state index contributed by atoms with van der Waals surface area (Å²) in [5.41, 5.74) is -0.0752. The molecule has 0 fully saturated rings. The molecular formula is C16H9Cl4N3O3S. The van der Waals surface area contributed by atoms with Crippen LogP contribution in [0.3, 0.4) is 0 Å². The van der Waals surface area contributed by atoms with Gasteiger partial charge in [0.05, 0.1) is 27.5 Å². The van der Waals surface area contributed by atoms with Crippen molar-refractivity contribution in [3.63, 3.8) is 0 Å². The van der Waals surface area contributed by atoms with Crippen LogP contribution in [-0.2, 0) is 10.0 Å². The van der Waals surface area contributed by atoms with Gasteiger partial charge in [-0.3, -0.25) is 9.52 Å². The lowest BCUT2D eigenvalue weighted by Crippen LogP contribution is -2.21. The minimum absolute atomic E-state index is 0.0292. The fourth-order valence-corrected chi connectivity index (χ4v) is 4.01. The minimum Gasteiger partial charge on any atom is -0.280 e. The van der Waals surface area contributed by atoms with Crippen molar-refractivity contribution in [2.24, 2.45) is 0 Å². The summed E-state index contributed by atoms with van der Waals surface area (Å²) >= 11 is 23.3. The van der Waals surface area contributed by atoms with Gasteiger partial charge in [0.15, 0.2) is 0 Å². The van der Waals surface area contributed by atoms with Gasteiger partial charge in [0.2, 0.25) is 0 Å². The summed E-state index contributed by atoms with van der Waals surface area (Å²) in [5.74, 6) is 0. The molecule has 0 amide bonds. The first-order chi connectivity index (χ1) is 12.7. The summed E-state index contributed by atoms with van der Waals surface area (Å²) in [4.78, 5) is 12.1. The van der Waals surface area contributed by atoms with Crippen molar-refractivity contribution in [3.8, 4) is 5.69 Å². The fourth-order valence-electron chi connectivity index (χ4n) is 2.19. The first-order valence-corrected chi connectivity index (χ1v) is 10.2. The van der Waals surface area contributed by atoms with E-state index in [0.29, 0.717) is 15.7 Å². The number of anilines is 1. The Morgan fingerprint density at radius 2 is 1.52 bits per heavy atom. The molecule has 0 aliphatic carbocycles. The molecule has 1 heterocycles. The molecule has 1 N–H and O–H groups in total. The molecule has 0 unspecified atom stereocenters. The SMILES string of the molecule is O=c1c(Cl)c(Cl)cnn1-c1ccc(S(=O)(=O)Nc2cc(Cl)cc(Cl)c2)cc1. The van der Waals surface area contributed by atoms with Crippen molar-refractivity contribution in [1.29, 1.82) is 0 Å². The molecule has 11 heteroatoms. The number of aromatic nitrogens is 2. The Morgan fingerprint density at radius 3 is 2.11 bits per heavy atom. The van der Waals surface area contributed by atoms with E-state index in [4.69, 9.17) is 46.4 Å². The van der Waals surface area contributed by atoms with Crippen molar-refractivity contribution in [3.05, 3.63) is 79.1 Å². The molecule has 2 aromatic carbocycles. The maximum atomic E-state index is 12.5. The molecule has 27 heavy (non-hydrogen) atoms. The molecule has 0 spiro atoms. The first kappa shape index (κ1) is 20.0. The zero-order valence-electron chi connectivity index (χ0n) is 13.2. The molecule has 0 bridgehead atoms. The molecule has 0 saturated carbocycles. The fraction of sp³-hybridized carbons (Fsp3) is 0. The Hall–Kier alpha value is -1.77. The predicted octanol–water partition coefficient (Wildman–Crippen LogP) is 4.65. The highest BCUT2D eigenvalue weighted by atomic mass is 35.5. The van der Waals surface area contributed by atoms with Gasteiger partial charge < -0.3 is 0 Å². The standard InChI is InChI=1S/C16H9Cl4N3O3S/c17-9-5-10(18)7-11(6-9)22-27(25,26)13-3-1-12(2-4-13)23-16(24)15(20)14(19)8-21-23/h1-8,22H. The van der Waals surface area contributed by atoms with Crippen LogP contribution in [0.4, 0.5) is 5.69 Å². The van der Waals surface area contributed by atoms with Crippen molar-refractivity contribution in [2.75, 3.05) is 4.72 Å². The monoisotopic (exact) mass is 463 g/mol. The molecule has 0 saturated heterocycles. The molecule has 3 rings (SSSR count). The van der Waals surface area contributed by atoms with Gasteiger partial charge in [-0.1, -0.05) is 46.4 Å². The summed E-state index contributed by atoms with van der Waals surface area (Å²) in [5, 5.41) is 4.32. The van der Waals surface area contributed by atoms with Gasteiger partial charge in [0.1, 0.15) is 5.02 Å². The highest BCUT2D eigenvalue weighted by Crippen LogP contribution is 2.25. The van der Waals surface area contributed by atoms with Crippen LogP contribution in [0.15, 0.2) is 58.4 Å². The second-order valence-corrected chi connectivity index (χ2v) is 8.62. The topological polar surface area (TPSA) is 81.1 Å². The summed E-state index contributed by atoms with van der Waals surface area (Å²) in [6.07, 6.45) is 1.22. The normalized spacial score (nSPS) is 11.4. The molecule has 6 nitrogen and oxygen atoms in total. The highest BCUT2D eigenvalue weighted by Gasteiger charge is 2.16. The number of hydrogen-bond acceptors (Lipinski definition) is 4. The summed E-state index contributed by atoms with van der Waals surface area (Å²) in [6, 6.07) is 9.81. The number of rotatable bonds is 4. The Bertz CT molecular complexity index is 1160. The van der Waals surface area contributed by atoms with E-state index in [2.05, 4.69) is 9.82 Å². The number of nitrogens with zero attached hydrogens (tertiary/aromatic N) is 2. The number of benzene rings is 2. The Kier molecular flexibility index (Phi) is 5.69. The third-order valence-electron chi connectivity index (χ3n) is 3.38. The summed E-state index contributed by atoms with van der Waals surface area (Å²) < 4.78 is 28.4. The van der Waals surface area contributed by atoms with Gasteiger partial charge in [-0.15, -0.1) is 0 Å². The summed E-state index contributed by atoms with van der Waals surface area (Å²) in [7, 11) is -3.89. The zero-order valence-corrected chi connectivity index (χ0v) is 17.0. The molecule has 0 atom stereocenters. The van der Waals surface area contributed by atoms with Gasteiger partial charge in [0, 0.05) is 10.0 Å². The van der Waals surface area contributed by atoms with E-state index in [-0.39, 0.29) is 20.6 Å². The van der Waals surface area contributed by atoms with E-state index in [1.165, 1.54) is 48.7 Å². The molecule has 0 aliphatic heterocycles. The van der Waals surface area contributed by atoms with Gasteiger partial charge in [-0.05, 0) is 42.5 Å². The van der Waals surface area contributed by atoms with Crippen LogP contribution < -0.4 is 10.3 Å². The Balaban J connectivity index is 1.93. The lowest BCUT2D eigenvalue weighted by atomic mass is 10.3. The van der Waals surface area contributed by atoms with Crippen LogP contribution in [0, 0.1) is 0 Å². The van der Waals surface area contributed by atoms with Crippen molar-refractivity contribution in [2.45, 2.75) is 4.90 Å². The number of halogens is 4. The van der Waals surface area contributed by atoms with E-state index >= 15 is 0 Å². The van der Waals surface area contributed by atoms with E-state index in [1.54, 1.807) is 0 Å². The third kappa shape index (κ3) is 4.39. The van der Waals surface area contributed by atoms with E-state index in [9.17, 15) is 13.2 Å². The highest BCUT2D eigenvalue weighted by molar-refractivity contribution is 7.92. The Labute approximate surface area is 174 Å². The Morgan fingerprint density at radius 1 is 0.926 bits per heavy atom. The van der Waals surface area contributed by atoms with Gasteiger partial charge in [0.25, 0.3) is 15.6 Å². The lowest BCUT2D eigenvalue weighted by Gasteiger charge is -2.10. The van der Waals surface area contributed by atoms with Gasteiger partial charge in [-0.25, -0.2) is 8.42 Å². The maximum Gasteiger partial charge on any atom is 0.291 e. The van der Waals surface area contributed by atoms with E-state index in [1.807, 2.05) is 0 Å². The summed E-state index contributed by atoms with van der Waals surface area (Å²) in [6.45, 7) is 0. The number of hydrogen-bond donors (Lipinski definition) is 1. The molecule has 0 radical (unpaired) electrons. The van der Waals surface area contributed by atoms with Crippen LogP contribution in [0.5, 0.6) is 0 Å². The minimum atomic E-state index is -3.89. The van der Waals surface area contributed by atoms with Crippen molar-refractivity contribution in [1.82, 2.24) is 9.78 Å². The third-order valence-corrected chi connectivity index (χ3v) is 5.96. The number of sulfonamides is 1. The smallest absolute Gasteiger partial charge is 0.280 e. The second-order valence-electron chi connectivity index (χ2n) is 5.28. The molecular weight excluding hydrogens is 456 g/mol. The van der Waals surface area contributed by atoms with Crippen LogP contribution in [0.25, 0.3) is 5.69 Å². The van der Waals surface area contributed by atoms with Crippen molar-refractivity contribution >= 4 is 62.1 Å². The maximum absolute atomic E-state index is 12.5. The molecule has 0 aliphatic rings. The van der Waals surface area contributed by atoms with Crippen LogP contribution >= 0.6 is 46.4 Å². The van der Waals surface area contributed by atoms with Gasteiger partial charge >= 0.3 is 0 Å². The van der Waals surface area contributed by atoms with E-state index in [0.717, 1.165) is 4.68 Å². The first-order valence-electron chi connectivity index (χ1n) is 7.20. The quantitative estimate of drug-likeness (QED) is 0.609. The van der Waals surface area contributed by atoms with E-state index < -0.39 is 15.6 Å². The van der Waals surface area contributed by atoms with Crippen molar-refractivity contribution < 1.29 is 8.42 Å². The molecule has 3 aromatic rings.